The molecule has 0 aliphatic carbocycles. The van der Waals surface area contributed by atoms with Gasteiger partial charge in [-0.05, 0) is 48.7 Å². The zero-order valence-corrected chi connectivity index (χ0v) is 13.9. The normalized spacial score (nSPS) is 10.8. The highest BCUT2D eigenvalue weighted by atomic mass is 16.5. The number of nitrogens with one attached hydrogen (secondary N) is 2. The van der Waals surface area contributed by atoms with E-state index in [4.69, 9.17) is 4.74 Å². The lowest BCUT2D eigenvalue weighted by Crippen LogP contribution is -2.27. The smallest absolute Gasteiger partial charge is 0.224 e. The summed E-state index contributed by atoms with van der Waals surface area (Å²) in [5.41, 5.74) is 4.05. The second-order valence-electron chi connectivity index (χ2n) is 5.80. The highest BCUT2D eigenvalue weighted by Gasteiger charge is 2.06. The van der Waals surface area contributed by atoms with Crippen molar-refractivity contribution in [1.29, 1.82) is 0 Å². The number of carbonyl (C=O) groups is 1. The van der Waals surface area contributed by atoms with Crippen LogP contribution in [-0.2, 0) is 17.6 Å². The number of H-pyrrole nitrogens is 1. The van der Waals surface area contributed by atoms with E-state index in [1.807, 2.05) is 49.4 Å². The number of aryl methyl sites for hydroxylation is 1. The van der Waals surface area contributed by atoms with Crippen LogP contribution in [0.15, 0.2) is 42.5 Å². The molecule has 0 radical (unpaired) electrons. The molecule has 1 amide bonds. The van der Waals surface area contributed by atoms with Crippen molar-refractivity contribution < 1.29 is 9.53 Å². The van der Waals surface area contributed by atoms with Crippen molar-refractivity contribution in [1.82, 2.24) is 15.3 Å². The summed E-state index contributed by atoms with van der Waals surface area (Å²) < 4.78 is 5.13. The Balaban J connectivity index is 1.50. The third-order valence-corrected chi connectivity index (χ3v) is 3.92. The van der Waals surface area contributed by atoms with Crippen LogP contribution < -0.4 is 10.1 Å². The maximum atomic E-state index is 12.1. The lowest BCUT2D eigenvalue weighted by Gasteiger charge is -2.06. The molecule has 5 heteroatoms. The molecule has 3 aromatic rings. The van der Waals surface area contributed by atoms with Gasteiger partial charge in [0.15, 0.2) is 0 Å². The fraction of sp³-hybridized carbons (Fsp3) is 0.263. The van der Waals surface area contributed by atoms with E-state index in [1.165, 1.54) is 5.56 Å². The Bertz CT molecular complexity index is 837. The van der Waals surface area contributed by atoms with E-state index in [9.17, 15) is 4.79 Å². The highest BCUT2D eigenvalue weighted by Crippen LogP contribution is 2.14. The molecule has 0 atom stereocenters. The maximum Gasteiger partial charge on any atom is 0.224 e. The zero-order chi connectivity index (χ0) is 16.9. The van der Waals surface area contributed by atoms with Crippen LogP contribution in [0.3, 0.4) is 0 Å². The molecule has 0 spiro atoms. The summed E-state index contributed by atoms with van der Waals surface area (Å²) >= 11 is 0. The highest BCUT2D eigenvalue weighted by molar-refractivity contribution is 5.81. The second-order valence-corrected chi connectivity index (χ2v) is 5.80. The van der Waals surface area contributed by atoms with Gasteiger partial charge in [-0.25, -0.2) is 4.98 Å². The number of aromatic amines is 1. The van der Waals surface area contributed by atoms with Crippen LogP contribution in [0.1, 0.15) is 17.0 Å². The van der Waals surface area contributed by atoms with Crippen molar-refractivity contribution in [3.05, 3.63) is 59.4 Å². The van der Waals surface area contributed by atoms with Gasteiger partial charge in [0.2, 0.25) is 5.91 Å². The van der Waals surface area contributed by atoms with E-state index in [0.717, 1.165) is 34.6 Å². The number of ether oxygens (including phenoxy) is 1. The summed E-state index contributed by atoms with van der Waals surface area (Å²) in [6.07, 6.45) is 1.17. The molecule has 2 N–H and O–H groups in total. The first kappa shape index (κ1) is 16.1. The number of amides is 1. The van der Waals surface area contributed by atoms with Crippen LogP contribution in [0.5, 0.6) is 5.75 Å². The lowest BCUT2D eigenvalue weighted by molar-refractivity contribution is -0.120. The molecule has 0 saturated heterocycles. The standard InChI is InChI=1S/C19H21N3O2/c1-13-21-17-8-5-15(11-18(17)22-13)12-19(23)20-10-9-14-3-6-16(24-2)7-4-14/h3-8,11H,9-10,12H2,1-2H3,(H,20,23)(H,21,22). The van der Waals surface area contributed by atoms with E-state index in [-0.39, 0.29) is 5.91 Å². The van der Waals surface area contributed by atoms with Gasteiger partial charge in [0.25, 0.3) is 0 Å². The number of fused-ring (bicyclic) bond motifs is 1. The number of aromatic nitrogens is 2. The molecular weight excluding hydrogens is 302 g/mol. The Morgan fingerprint density at radius 3 is 2.67 bits per heavy atom. The third kappa shape index (κ3) is 3.93. The predicted octanol–water partition coefficient (Wildman–Crippen LogP) is 2.78. The molecule has 0 aliphatic rings. The number of imidazole rings is 1. The number of benzene rings is 2. The van der Waals surface area contributed by atoms with E-state index in [2.05, 4.69) is 15.3 Å². The van der Waals surface area contributed by atoms with E-state index in [1.54, 1.807) is 7.11 Å². The van der Waals surface area contributed by atoms with Crippen molar-refractivity contribution >= 4 is 16.9 Å². The van der Waals surface area contributed by atoms with E-state index >= 15 is 0 Å². The van der Waals surface area contributed by atoms with Gasteiger partial charge in [-0.1, -0.05) is 18.2 Å². The minimum Gasteiger partial charge on any atom is -0.497 e. The predicted molar refractivity (Wildman–Crippen MR) is 94.2 cm³/mol. The molecule has 0 fully saturated rings. The molecule has 0 bridgehead atoms. The molecule has 1 heterocycles. The monoisotopic (exact) mass is 323 g/mol. The molecule has 24 heavy (non-hydrogen) atoms. The third-order valence-electron chi connectivity index (χ3n) is 3.92. The Morgan fingerprint density at radius 1 is 1.17 bits per heavy atom. The number of nitrogens with zero attached hydrogens (tertiary/aromatic N) is 1. The molecule has 0 unspecified atom stereocenters. The van der Waals surface area contributed by atoms with Crippen LogP contribution >= 0.6 is 0 Å². The first-order valence-corrected chi connectivity index (χ1v) is 7.99. The Hall–Kier alpha value is -2.82. The fourth-order valence-corrected chi connectivity index (χ4v) is 2.68. The van der Waals surface area contributed by atoms with E-state index in [0.29, 0.717) is 13.0 Å². The van der Waals surface area contributed by atoms with Gasteiger partial charge in [-0.3, -0.25) is 4.79 Å². The molecule has 0 saturated carbocycles. The molecule has 0 aliphatic heterocycles. The summed E-state index contributed by atoms with van der Waals surface area (Å²) in [7, 11) is 1.65. The van der Waals surface area contributed by atoms with Gasteiger partial charge >= 0.3 is 0 Å². The van der Waals surface area contributed by atoms with Gasteiger partial charge in [0.05, 0.1) is 24.6 Å². The van der Waals surface area contributed by atoms with Gasteiger partial charge in [-0.2, -0.15) is 0 Å². The van der Waals surface area contributed by atoms with Crippen LogP contribution in [0, 0.1) is 6.92 Å². The molecule has 2 aromatic carbocycles. The number of hydrogen-bond acceptors (Lipinski definition) is 3. The minimum absolute atomic E-state index is 0.0269. The average Bonchev–Trinajstić information content (AvgIpc) is 2.95. The molecular formula is C19H21N3O2. The molecule has 124 valence electrons. The van der Waals surface area contributed by atoms with Crippen molar-refractivity contribution in [3.8, 4) is 5.75 Å². The van der Waals surface area contributed by atoms with Crippen LogP contribution in [0.2, 0.25) is 0 Å². The van der Waals surface area contributed by atoms with Crippen molar-refractivity contribution in [3.63, 3.8) is 0 Å². The fourth-order valence-electron chi connectivity index (χ4n) is 2.68. The first-order valence-electron chi connectivity index (χ1n) is 7.99. The summed E-state index contributed by atoms with van der Waals surface area (Å²) in [4.78, 5) is 19.6. The van der Waals surface area contributed by atoms with Crippen LogP contribution in [0.25, 0.3) is 11.0 Å². The van der Waals surface area contributed by atoms with Gasteiger partial charge in [0.1, 0.15) is 11.6 Å². The summed E-state index contributed by atoms with van der Waals surface area (Å²) in [6.45, 7) is 2.54. The first-order chi connectivity index (χ1) is 11.6. The quantitative estimate of drug-likeness (QED) is 0.733. The Kier molecular flexibility index (Phi) is 4.79. The van der Waals surface area contributed by atoms with Gasteiger partial charge in [0, 0.05) is 6.54 Å². The van der Waals surface area contributed by atoms with E-state index < -0.39 is 0 Å². The van der Waals surface area contributed by atoms with Crippen molar-refractivity contribution in [2.45, 2.75) is 19.8 Å². The number of rotatable bonds is 6. The van der Waals surface area contributed by atoms with Crippen LogP contribution in [0.4, 0.5) is 0 Å². The minimum atomic E-state index is 0.0269. The van der Waals surface area contributed by atoms with Gasteiger partial charge in [-0.15, -0.1) is 0 Å². The largest absolute Gasteiger partial charge is 0.497 e. The number of hydrogen-bond donors (Lipinski definition) is 2. The topological polar surface area (TPSA) is 67.0 Å². The lowest BCUT2D eigenvalue weighted by atomic mass is 10.1. The van der Waals surface area contributed by atoms with Crippen LogP contribution in [-0.4, -0.2) is 29.5 Å². The van der Waals surface area contributed by atoms with Crippen molar-refractivity contribution in [2.75, 3.05) is 13.7 Å². The maximum absolute atomic E-state index is 12.1. The molecule has 5 nitrogen and oxygen atoms in total. The van der Waals surface area contributed by atoms with Gasteiger partial charge < -0.3 is 15.0 Å². The average molecular weight is 323 g/mol. The summed E-state index contributed by atoms with van der Waals surface area (Å²) in [5, 5.41) is 2.97. The summed E-state index contributed by atoms with van der Waals surface area (Å²) in [5.74, 6) is 1.75. The summed E-state index contributed by atoms with van der Waals surface area (Å²) in [6, 6.07) is 13.8. The zero-order valence-electron chi connectivity index (χ0n) is 13.9. The molecule has 3 rings (SSSR count). The number of carbonyl (C=O) groups excluding carboxylic acids is 1. The number of methoxy groups -OCH3 is 1. The Morgan fingerprint density at radius 2 is 1.92 bits per heavy atom. The SMILES string of the molecule is COc1ccc(CCNC(=O)Cc2ccc3nc(C)[nH]c3c2)cc1. The molecule has 1 aromatic heterocycles. The Labute approximate surface area is 141 Å². The second kappa shape index (κ2) is 7.17. The van der Waals surface area contributed by atoms with Crippen molar-refractivity contribution in [2.24, 2.45) is 0 Å².